The number of rotatable bonds is 6. The lowest BCUT2D eigenvalue weighted by molar-refractivity contribution is -0.121. The molecule has 1 aliphatic heterocycles. The summed E-state index contributed by atoms with van der Waals surface area (Å²) in [4.78, 5) is 34.8. The summed E-state index contributed by atoms with van der Waals surface area (Å²) in [6.45, 7) is 2.57. The standard InChI is InChI=1S/C15H18N2O4/c1-2-7-16-14(19)6-4-12(18)10-3-5-13-11(8-10)17-15(20)9-21-13/h3,5,8H,2,4,6-7,9H2,1H3,(H,16,19)(H,17,20). The van der Waals surface area contributed by atoms with Crippen molar-refractivity contribution in [1.82, 2.24) is 5.32 Å². The van der Waals surface area contributed by atoms with Gasteiger partial charge in [-0.2, -0.15) is 0 Å². The number of nitrogens with one attached hydrogen (secondary N) is 2. The van der Waals surface area contributed by atoms with Crippen molar-refractivity contribution in [2.45, 2.75) is 26.2 Å². The molecule has 112 valence electrons. The van der Waals surface area contributed by atoms with Crippen molar-refractivity contribution >= 4 is 23.3 Å². The van der Waals surface area contributed by atoms with Crippen molar-refractivity contribution in [3.05, 3.63) is 23.8 Å². The first-order valence-corrected chi connectivity index (χ1v) is 6.96. The minimum absolute atomic E-state index is 0.0160. The molecule has 0 fully saturated rings. The highest BCUT2D eigenvalue weighted by Gasteiger charge is 2.18. The summed E-state index contributed by atoms with van der Waals surface area (Å²) in [6, 6.07) is 4.88. The molecule has 0 spiro atoms. The Morgan fingerprint density at radius 2 is 2.14 bits per heavy atom. The van der Waals surface area contributed by atoms with Crippen LogP contribution in [0.4, 0.5) is 5.69 Å². The van der Waals surface area contributed by atoms with Gasteiger partial charge in [-0.1, -0.05) is 6.92 Å². The molecule has 1 aromatic carbocycles. The molecule has 6 heteroatoms. The molecule has 1 aliphatic rings. The number of amides is 2. The smallest absolute Gasteiger partial charge is 0.262 e. The van der Waals surface area contributed by atoms with Gasteiger partial charge in [0.15, 0.2) is 12.4 Å². The zero-order valence-electron chi connectivity index (χ0n) is 11.9. The summed E-state index contributed by atoms with van der Waals surface area (Å²) in [5.74, 6) is 0.0435. The van der Waals surface area contributed by atoms with E-state index in [4.69, 9.17) is 4.74 Å². The van der Waals surface area contributed by atoms with Gasteiger partial charge in [0.25, 0.3) is 5.91 Å². The zero-order valence-corrected chi connectivity index (χ0v) is 11.9. The first kappa shape index (κ1) is 15.0. The Balaban J connectivity index is 1.95. The average Bonchev–Trinajstić information content (AvgIpc) is 2.49. The molecule has 0 bridgehead atoms. The van der Waals surface area contributed by atoms with Gasteiger partial charge in [0, 0.05) is 24.9 Å². The van der Waals surface area contributed by atoms with Crippen molar-refractivity contribution < 1.29 is 19.1 Å². The molecule has 1 heterocycles. The number of Topliss-reactive ketones (excluding diaryl/α,β-unsaturated/α-hetero) is 1. The predicted molar refractivity (Wildman–Crippen MR) is 77.4 cm³/mol. The van der Waals surface area contributed by atoms with Crippen LogP contribution in [0, 0.1) is 0 Å². The van der Waals surface area contributed by atoms with Crippen LogP contribution >= 0.6 is 0 Å². The van der Waals surface area contributed by atoms with Gasteiger partial charge in [0.1, 0.15) is 5.75 Å². The summed E-state index contributed by atoms with van der Waals surface area (Å²) in [7, 11) is 0. The SMILES string of the molecule is CCCNC(=O)CCC(=O)c1ccc2c(c1)NC(=O)CO2. The Bertz CT molecular complexity index is 569. The summed E-state index contributed by atoms with van der Waals surface area (Å²) < 4.78 is 5.23. The molecule has 0 aliphatic carbocycles. The van der Waals surface area contributed by atoms with Gasteiger partial charge >= 0.3 is 0 Å². The van der Waals surface area contributed by atoms with E-state index in [0.29, 0.717) is 23.5 Å². The number of fused-ring (bicyclic) bond motifs is 1. The second kappa shape index (κ2) is 6.88. The lowest BCUT2D eigenvalue weighted by Gasteiger charge is -2.18. The van der Waals surface area contributed by atoms with Crippen LogP contribution in [0.2, 0.25) is 0 Å². The fourth-order valence-electron chi connectivity index (χ4n) is 1.98. The molecule has 0 aromatic heterocycles. The normalized spacial score (nSPS) is 12.9. The number of anilines is 1. The lowest BCUT2D eigenvalue weighted by atomic mass is 10.0. The maximum Gasteiger partial charge on any atom is 0.262 e. The van der Waals surface area contributed by atoms with E-state index in [-0.39, 0.29) is 37.0 Å². The third kappa shape index (κ3) is 4.05. The van der Waals surface area contributed by atoms with E-state index in [1.165, 1.54) is 0 Å². The highest BCUT2D eigenvalue weighted by molar-refractivity contribution is 6.01. The maximum absolute atomic E-state index is 12.1. The zero-order chi connectivity index (χ0) is 15.2. The summed E-state index contributed by atoms with van der Waals surface area (Å²) in [5.41, 5.74) is 0.954. The van der Waals surface area contributed by atoms with Crippen LogP contribution in [-0.2, 0) is 9.59 Å². The third-order valence-electron chi connectivity index (χ3n) is 3.09. The van der Waals surface area contributed by atoms with Gasteiger partial charge in [0.05, 0.1) is 5.69 Å². The van der Waals surface area contributed by atoms with Crippen LogP contribution in [-0.4, -0.2) is 30.7 Å². The average molecular weight is 290 g/mol. The number of ether oxygens (including phenoxy) is 1. The largest absolute Gasteiger partial charge is 0.482 e. The molecule has 0 saturated heterocycles. The molecule has 2 amide bonds. The van der Waals surface area contributed by atoms with Gasteiger partial charge < -0.3 is 15.4 Å². The fourth-order valence-corrected chi connectivity index (χ4v) is 1.98. The number of benzene rings is 1. The van der Waals surface area contributed by atoms with E-state index >= 15 is 0 Å². The molecule has 0 radical (unpaired) electrons. The Labute approximate surface area is 122 Å². The molecule has 21 heavy (non-hydrogen) atoms. The maximum atomic E-state index is 12.1. The van der Waals surface area contributed by atoms with Crippen LogP contribution < -0.4 is 15.4 Å². The molecule has 0 unspecified atom stereocenters. The van der Waals surface area contributed by atoms with E-state index in [0.717, 1.165) is 6.42 Å². The molecule has 2 rings (SSSR count). The van der Waals surface area contributed by atoms with E-state index in [1.807, 2.05) is 6.92 Å². The highest BCUT2D eigenvalue weighted by Crippen LogP contribution is 2.28. The monoisotopic (exact) mass is 290 g/mol. The molecular formula is C15H18N2O4. The van der Waals surface area contributed by atoms with Crippen molar-refractivity contribution in [1.29, 1.82) is 0 Å². The third-order valence-corrected chi connectivity index (χ3v) is 3.09. The Hall–Kier alpha value is -2.37. The first-order chi connectivity index (χ1) is 10.1. The summed E-state index contributed by atoms with van der Waals surface area (Å²) in [6.07, 6.45) is 1.17. The minimum Gasteiger partial charge on any atom is -0.482 e. The van der Waals surface area contributed by atoms with Gasteiger partial charge in [-0.25, -0.2) is 0 Å². The molecule has 2 N–H and O–H groups in total. The number of hydrogen-bond donors (Lipinski definition) is 2. The summed E-state index contributed by atoms with van der Waals surface area (Å²) in [5, 5.41) is 5.38. The molecule has 6 nitrogen and oxygen atoms in total. The van der Waals surface area contributed by atoms with Crippen LogP contribution in [0.5, 0.6) is 5.75 Å². The van der Waals surface area contributed by atoms with E-state index in [2.05, 4.69) is 10.6 Å². The molecule has 0 saturated carbocycles. The van der Waals surface area contributed by atoms with Crippen LogP contribution in [0.1, 0.15) is 36.5 Å². The summed E-state index contributed by atoms with van der Waals surface area (Å²) >= 11 is 0. The van der Waals surface area contributed by atoms with Gasteiger partial charge in [-0.15, -0.1) is 0 Å². The number of hydrogen-bond acceptors (Lipinski definition) is 4. The van der Waals surface area contributed by atoms with Crippen molar-refractivity contribution in [2.24, 2.45) is 0 Å². The van der Waals surface area contributed by atoms with Crippen molar-refractivity contribution in [2.75, 3.05) is 18.5 Å². The Morgan fingerprint density at radius 1 is 1.33 bits per heavy atom. The Kier molecular flexibility index (Phi) is 4.92. The van der Waals surface area contributed by atoms with Gasteiger partial charge in [-0.3, -0.25) is 14.4 Å². The lowest BCUT2D eigenvalue weighted by Crippen LogP contribution is -2.26. The second-order valence-electron chi connectivity index (χ2n) is 4.82. The van der Waals surface area contributed by atoms with Gasteiger partial charge in [-0.05, 0) is 24.6 Å². The Morgan fingerprint density at radius 3 is 2.90 bits per heavy atom. The van der Waals surface area contributed by atoms with Crippen LogP contribution in [0.15, 0.2) is 18.2 Å². The predicted octanol–water partition coefficient (Wildman–Crippen LogP) is 1.51. The highest BCUT2D eigenvalue weighted by atomic mass is 16.5. The van der Waals surface area contributed by atoms with E-state index < -0.39 is 0 Å². The van der Waals surface area contributed by atoms with Gasteiger partial charge in [0.2, 0.25) is 5.91 Å². The molecule has 1 aromatic rings. The van der Waals surface area contributed by atoms with Crippen molar-refractivity contribution in [3.8, 4) is 5.75 Å². The molecule has 0 atom stereocenters. The molecular weight excluding hydrogens is 272 g/mol. The minimum atomic E-state index is -0.244. The van der Waals surface area contributed by atoms with Crippen molar-refractivity contribution in [3.63, 3.8) is 0 Å². The number of ketones is 1. The fraction of sp³-hybridized carbons (Fsp3) is 0.400. The van der Waals surface area contributed by atoms with Crippen LogP contribution in [0.25, 0.3) is 0 Å². The van der Waals surface area contributed by atoms with E-state index in [9.17, 15) is 14.4 Å². The topological polar surface area (TPSA) is 84.5 Å². The van der Waals surface area contributed by atoms with Crippen LogP contribution in [0.3, 0.4) is 0 Å². The van der Waals surface area contributed by atoms with E-state index in [1.54, 1.807) is 18.2 Å². The second-order valence-corrected chi connectivity index (χ2v) is 4.82. The first-order valence-electron chi connectivity index (χ1n) is 6.96. The number of carbonyl (C=O) groups is 3. The number of carbonyl (C=O) groups excluding carboxylic acids is 3. The quantitative estimate of drug-likeness (QED) is 0.778.